The van der Waals surface area contributed by atoms with Gasteiger partial charge in [-0.15, -0.1) is 11.8 Å². The predicted molar refractivity (Wildman–Crippen MR) is 117 cm³/mol. The molecule has 0 radical (unpaired) electrons. The Labute approximate surface area is 186 Å². The summed E-state index contributed by atoms with van der Waals surface area (Å²) in [5.41, 5.74) is 1.49. The molecule has 1 fully saturated rings. The van der Waals surface area contributed by atoms with Gasteiger partial charge in [-0.25, -0.2) is 4.79 Å². The number of hydrogen-bond acceptors (Lipinski definition) is 5. The molecule has 2 aliphatic rings. The second kappa shape index (κ2) is 8.53. The van der Waals surface area contributed by atoms with Gasteiger partial charge in [0.1, 0.15) is 23.5 Å². The van der Waals surface area contributed by atoms with Crippen molar-refractivity contribution in [1.29, 1.82) is 0 Å². The van der Waals surface area contributed by atoms with E-state index in [1.807, 2.05) is 39.8 Å². The van der Waals surface area contributed by atoms with E-state index < -0.39 is 40.7 Å². The molecule has 9 heteroatoms. The van der Waals surface area contributed by atoms with Gasteiger partial charge in [-0.1, -0.05) is 32.0 Å². The molecule has 4 atom stereocenters. The molecule has 0 aliphatic carbocycles. The van der Waals surface area contributed by atoms with E-state index in [0.29, 0.717) is 5.56 Å². The number of rotatable bonds is 7. The number of benzene rings is 1. The van der Waals surface area contributed by atoms with Crippen LogP contribution in [0.1, 0.15) is 62.3 Å². The smallest absolute Gasteiger partial charge is 0.326 e. The van der Waals surface area contributed by atoms with Gasteiger partial charge in [0.15, 0.2) is 0 Å². The maximum Gasteiger partial charge on any atom is 0.326 e. The van der Waals surface area contributed by atoms with Crippen LogP contribution in [0.25, 0.3) is 0 Å². The Hall–Kier alpha value is -2.55. The number of aliphatic carboxylic acids is 1. The lowest BCUT2D eigenvalue weighted by Crippen LogP contribution is -2.57. The van der Waals surface area contributed by atoms with Crippen molar-refractivity contribution >= 4 is 35.5 Å². The van der Waals surface area contributed by atoms with Crippen LogP contribution in [-0.4, -0.2) is 56.6 Å². The second-order valence-corrected chi connectivity index (χ2v) is 10.8. The lowest BCUT2D eigenvalue weighted by molar-refractivity contribution is -0.142. The number of thioether (sulfide) groups is 1. The third-order valence-corrected chi connectivity index (χ3v) is 7.15. The zero-order valence-electron chi connectivity index (χ0n) is 18.3. The Kier molecular flexibility index (Phi) is 6.36. The molecule has 3 amide bonds. The Morgan fingerprint density at radius 1 is 1.16 bits per heavy atom. The molecule has 168 valence electrons. The van der Waals surface area contributed by atoms with E-state index in [0.717, 1.165) is 5.56 Å². The summed E-state index contributed by atoms with van der Waals surface area (Å²) in [6.07, 6.45) is 0.288. The molecule has 1 saturated heterocycles. The van der Waals surface area contributed by atoms with E-state index in [2.05, 4.69) is 10.6 Å². The monoisotopic (exact) mass is 447 g/mol. The van der Waals surface area contributed by atoms with Crippen molar-refractivity contribution < 1.29 is 24.3 Å². The van der Waals surface area contributed by atoms with Gasteiger partial charge in [0.25, 0.3) is 5.91 Å². The number of carbonyl (C=O) groups excluding carboxylic acids is 3. The highest BCUT2D eigenvalue weighted by Gasteiger charge is 2.57. The molecule has 2 heterocycles. The maximum absolute atomic E-state index is 13.2. The first kappa shape index (κ1) is 23.1. The lowest BCUT2D eigenvalue weighted by atomic mass is 10.00. The minimum Gasteiger partial charge on any atom is -0.480 e. The average Bonchev–Trinajstić information content (AvgIpc) is 3.10. The predicted octanol–water partition coefficient (Wildman–Crippen LogP) is 2.16. The Balaban J connectivity index is 1.73. The SMILES string of the molecule is CC(C)C[C@H](NC(=O)[C@H](C)NC(=O)[C@@H]1N2C(=O)c3ccccc3[C@H]2SC1(C)C)C(=O)O. The van der Waals surface area contributed by atoms with Crippen molar-refractivity contribution in [2.24, 2.45) is 5.92 Å². The number of fused-ring (bicyclic) bond motifs is 3. The maximum atomic E-state index is 13.2. The summed E-state index contributed by atoms with van der Waals surface area (Å²) in [6, 6.07) is 4.60. The van der Waals surface area contributed by atoms with Crippen LogP contribution in [0.15, 0.2) is 24.3 Å². The normalized spacial score (nSPS) is 23.2. The number of carboxylic acid groups (broad SMARTS) is 1. The van der Waals surface area contributed by atoms with Gasteiger partial charge < -0.3 is 20.6 Å². The van der Waals surface area contributed by atoms with Crippen LogP contribution in [0.5, 0.6) is 0 Å². The van der Waals surface area contributed by atoms with Crippen molar-refractivity contribution in [2.45, 2.75) is 69.3 Å². The summed E-state index contributed by atoms with van der Waals surface area (Å²) < 4.78 is -0.560. The van der Waals surface area contributed by atoms with Gasteiger partial charge in [0, 0.05) is 10.3 Å². The molecule has 31 heavy (non-hydrogen) atoms. The first-order valence-corrected chi connectivity index (χ1v) is 11.2. The van der Waals surface area contributed by atoms with Crippen LogP contribution in [0, 0.1) is 5.92 Å². The van der Waals surface area contributed by atoms with Gasteiger partial charge in [-0.3, -0.25) is 14.4 Å². The Morgan fingerprint density at radius 3 is 2.42 bits per heavy atom. The first-order valence-electron chi connectivity index (χ1n) is 10.4. The second-order valence-electron chi connectivity index (χ2n) is 9.04. The zero-order chi connectivity index (χ0) is 23.1. The van der Waals surface area contributed by atoms with Crippen LogP contribution < -0.4 is 10.6 Å². The highest BCUT2D eigenvalue weighted by atomic mass is 32.2. The molecule has 3 N–H and O–H groups in total. The van der Waals surface area contributed by atoms with Gasteiger partial charge in [-0.2, -0.15) is 0 Å². The summed E-state index contributed by atoms with van der Waals surface area (Å²) in [4.78, 5) is 51.8. The third kappa shape index (κ3) is 4.42. The number of carboxylic acids is 1. The molecule has 1 aromatic rings. The van der Waals surface area contributed by atoms with E-state index in [4.69, 9.17) is 0 Å². The van der Waals surface area contributed by atoms with E-state index >= 15 is 0 Å². The molecule has 0 unspecified atom stereocenters. The van der Waals surface area contributed by atoms with Crippen molar-refractivity contribution in [3.8, 4) is 0 Å². The van der Waals surface area contributed by atoms with Crippen molar-refractivity contribution in [2.75, 3.05) is 0 Å². The zero-order valence-corrected chi connectivity index (χ0v) is 19.2. The van der Waals surface area contributed by atoms with Gasteiger partial charge in [-0.05, 0) is 44.7 Å². The van der Waals surface area contributed by atoms with Crippen LogP contribution >= 0.6 is 11.8 Å². The van der Waals surface area contributed by atoms with Gasteiger partial charge in [0.05, 0.1) is 0 Å². The quantitative estimate of drug-likeness (QED) is 0.590. The van der Waals surface area contributed by atoms with Gasteiger partial charge >= 0.3 is 5.97 Å². The van der Waals surface area contributed by atoms with Crippen LogP contribution in [0.3, 0.4) is 0 Å². The largest absolute Gasteiger partial charge is 0.480 e. The van der Waals surface area contributed by atoms with Crippen LogP contribution in [0.4, 0.5) is 0 Å². The number of nitrogens with one attached hydrogen (secondary N) is 2. The molecule has 0 spiro atoms. The topological polar surface area (TPSA) is 116 Å². The number of amides is 3. The third-order valence-electron chi connectivity index (χ3n) is 5.62. The molecule has 0 saturated carbocycles. The summed E-state index contributed by atoms with van der Waals surface area (Å²) in [5.74, 6) is -2.23. The number of hydrogen-bond donors (Lipinski definition) is 3. The van der Waals surface area contributed by atoms with Crippen molar-refractivity contribution in [3.05, 3.63) is 35.4 Å². The van der Waals surface area contributed by atoms with Crippen LogP contribution in [-0.2, 0) is 14.4 Å². The summed E-state index contributed by atoms with van der Waals surface area (Å²) in [7, 11) is 0. The Bertz CT molecular complexity index is 916. The molecular formula is C22H29N3O5S. The fourth-order valence-corrected chi connectivity index (χ4v) is 5.74. The van der Waals surface area contributed by atoms with Crippen molar-refractivity contribution in [1.82, 2.24) is 15.5 Å². The molecule has 8 nitrogen and oxygen atoms in total. The number of carbonyl (C=O) groups is 4. The molecule has 3 rings (SSSR count). The molecular weight excluding hydrogens is 418 g/mol. The highest BCUT2D eigenvalue weighted by Crippen LogP contribution is 2.56. The minimum atomic E-state index is -1.11. The first-order chi connectivity index (χ1) is 14.4. The summed E-state index contributed by atoms with van der Waals surface area (Å²) in [5, 5.41) is 14.3. The van der Waals surface area contributed by atoms with Gasteiger partial charge in [0.2, 0.25) is 11.8 Å². The fourth-order valence-electron chi connectivity index (χ4n) is 4.15. The minimum absolute atomic E-state index is 0.0855. The van der Waals surface area contributed by atoms with E-state index in [-0.39, 0.29) is 23.6 Å². The lowest BCUT2D eigenvalue weighted by Gasteiger charge is -2.30. The molecule has 0 aromatic heterocycles. The highest BCUT2D eigenvalue weighted by molar-refractivity contribution is 8.01. The van der Waals surface area contributed by atoms with E-state index in [1.54, 1.807) is 28.8 Å². The molecule has 0 bridgehead atoms. The summed E-state index contributed by atoms with van der Waals surface area (Å²) >= 11 is 1.54. The Morgan fingerprint density at radius 2 is 1.81 bits per heavy atom. The number of nitrogens with zero attached hydrogens (tertiary/aromatic N) is 1. The van der Waals surface area contributed by atoms with E-state index in [9.17, 15) is 24.3 Å². The molecule has 1 aromatic carbocycles. The fraction of sp³-hybridized carbons (Fsp3) is 0.545. The van der Waals surface area contributed by atoms with Crippen molar-refractivity contribution in [3.63, 3.8) is 0 Å². The van der Waals surface area contributed by atoms with Crippen LogP contribution in [0.2, 0.25) is 0 Å². The van der Waals surface area contributed by atoms with E-state index in [1.165, 1.54) is 6.92 Å². The average molecular weight is 448 g/mol. The standard InChI is InChI=1S/C22H29N3O5S/c1-11(2)10-15(21(29)30)24-17(26)12(3)23-18(27)16-22(4,5)31-20-14-9-7-6-8-13(14)19(28)25(16)20/h6-9,11-12,15-16,20H,10H2,1-5H3,(H,23,27)(H,24,26)(H,29,30)/t12-,15-,16-,20+/m0/s1. The molecule has 2 aliphatic heterocycles. The summed E-state index contributed by atoms with van der Waals surface area (Å²) in [6.45, 7) is 9.06.